The molecule has 0 radical (unpaired) electrons. The Morgan fingerprint density at radius 1 is 1.47 bits per heavy atom. The molecule has 0 atom stereocenters. The molecule has 1 rings (SSSR count). The Balaban J connectivity index is 2.59. The number of thiazole rings is 1. The number of anilines is 1. The van der Waals surface area contributed by atoms with Gasteiger partial charge in [-0.1, -0.05) is 0 Å². The second-order valence-corrected chi connectivity index (χ2v) is 4.63. The zero-order valence-corrected chi connectivity index (χ0v) is 11.7. The number of rotatable bonds is 5. The molecule has 7 nitrogen and oxygen atoms in total. The van der Waals surface area contributed by atoms with Gasteiger partial charge in [0.25, 0.3) is 5.91 Å². The van der Waals surface area contributed by atoms with Gasteiger partial charge in [-0.25, -0.2) is 4.98 Å². The first-order chi connectivity index (χ1) is 8.93. The zero-order chi connectivity index (χ0) is 14.4. The predicted molar refractivity (Wildman–Crippen MR) is 70.0 cm³/mol. The van der Waals surface area contributed by atoms with Crippen molar-refractivity contribution in [1.82, 2.24) is 9.88 Å². The van der Waals surface area contributed by atoms with Crippen molar-refractivity contribution in [2.24, 2.45) is 0 Å². The third-order valence-electron chi connectivity index (χ3n) is 2.23. The van der Waals surface area contributed by atoms with Crippen LogP contribution in [0.5, 0.6) is 0 Å². The lowest BCUT2D eigenvalue weighted by molar-refractivity contribution is -0.140. The number of amides is 2. The van der Waals surface area contributed by atoms with Crippen molar-refractivity contribution < 1.29 is 19.1 Å². The van der Waals surface area contributed by atoms with E-state index < -0.39 is 0 Å². The van der Waals surface area contributed by atoms with Crippen molar-refractivity contribution in [3.63, 3.8) is 0 Å². The van der Waals surface area contributed by atoms with E-state index in [0.717, 1.165) is 0 Å². The Hall–Kier alpha value is -1.96. The van der Waals surface area contributed by atoms with Gasteiger partial charge in [0, 0.05) is 25.9 Å². The predicted octanol–water partition coefficient (Wildman–Crippen LogP) is 0.737. The maximum atomic E-state index is 11.9. The lowest BCUT2D eigenvalue weighted by atomic mass is 10.3. The van der Waals surface area contributed by atoms with Crippen molar-refractivity contribution >= 4 is 34.3 Å². The van der Waals surface area contributed by atoms with Gasteiger partial charge in [-0.3, -0.25) is 14.4 Å². The minimum absolute atomic E-state index is 0.126. The molecule has 0 aliphatic heterocycles. The molecule has 0 unspecified atom stereocenters. The van der Waals surface area contributed by atoms with Crippen molar-refractivity contribution in [1.29, 1.82) is 0 Å². The van der Waals surface area contributed by atoms with Gasteiger partial charge in [0.15, 0.2) is 5.13 Å². The molecule has 0 saturated carbocycles. The average Bonchev–Trinajstić information content (AvgIpc) is 2.81. The van der Waals surface area contributed by atoms with Crippen LogP contribution in [0, 0.1) is 0 Å². The standard InChI is InChI=1S/C11H15N3O4S/c1-7(15)12-11-13-8(6-19-11)10(17)14(2)5-4-9(16)18-3/h6H,4-5H2,1-3H3,(H,12,13,15). The molecule has 8 heteroatoms. The van der Waals surface area contributed by atoms with Crippen LogP contribution in [0.15, 0.2) is 5.38 Å². The molecule has 0 aliphatic carbocycles. The zero-order valence-electron chi connectivity index (χ0n) is 10.9. The quantitative estimate of drug-likeness (QED) is 0.806. The molecule has 0 aliphatic rings. The topological polar surface area (TPSA) is 88.6 Å². The van der Waals surface area contributed by atoms with Crippen molar-refractivity contribution in [3.05, 3.63) is 11.1 Å². The summed E-state index contributed by atoms with van der Waals surface area (Å²) in [6, 6.07) is 0. The van der Waals surface area contributed by atoms with E-state index in [0.29, 0.717) is 5.13 Å². The van der Waals surface area contributed by atoms with Crippen LogP contribution in [0.1, 0.15) is 23.8 Å². The molecule has 2 amide bonds. The van der Waals surface area contributed by atoms with Gasteiger partial charge in [0.2, 0.25) is 5.91 Å². The van der Waals surface area contributed by atoms with Crippen molar-refractivity contribution in [3.8, 4) is 0 Å². The molecule has 0 saturated heterocycles. The van der Waals surface area contributed by atoms with E-state index in [4.69, 9.17) is 0 Å². The van der Waals surface area contributed by atoms with E-state index >= 15 is 0 Å². The summed E-state index contributed by atoms with van der Waals surface area (Å²) in [6.07, 6.45) is 0.126. The van der Waals surface area contributed by atoms with Crippen LogP contribution in [-0.4, -0.2) is 48.4 Å². The van der Waals surface area contributed by atoms with Gasteiger partial charge in [0.05, 0.1) is 13.5 Å². The van der Waals surface area contributed by atoms with Crippen molar-refractivity contribution in [2.45, 2.75) is 13.3 Å². The van der Waals surface area contributed by atoms with E-state index in [1.54, 1.807) is 12.4 Å². The van der Waals surface area contributed by atoms with Gasteiger partial charge < -0.3 is 15.0 Å². The van der Waals surface area contributed by atoms with Crippen LogP contribution in [0.25, 0.3) is 0 Å². The fraction of sp³-hybridized carbons (Fsp3) is 0.455. The Morgan fingerprint density at radius 2 is 2.16 bits per heavy atom. The molecule has 1 aromatic heterocycles. The number of esters is 1. The largest absolute Gasteiger partial charge is 0.469 e. The Bertz CT molecular complexity index is 486. The lowest BCUT2D eigenvalue weighted by Gasteiger charge is -2.14. The van der Waals surface area contributed by atoms with E-state index in [2.05, 4.69) is 15.0 Å². The number of aromatic nitrogens is 1. The summed E-state index contributed by atoms with van der Waals surface area (Å²) >= 11 is 1.17. The highest BCUT2D eigenvalue weighted by atomic mass is 32.1. The van der Waals surface area contributed by atoms with Crippen LogP contribution >= 0.6 is 11.3 Å². The molecular formula is C11H15N3O4S. The second-order valence-electron chi connectivity index (χ2n) is 3.77. The second kappa shape index (κ2) is 6.83. The number of methoxy groups -OCH3 is 1. The summed E-state index contributed by atoms with van der Waals surface area (Å²) in [7, 11) is 2.87. The Morgan fingerprint density at radius 3 is 2.74 bits per heavy atom. The molecule has 0 fully saturated rings. The minimum Gasteiger partial charge on any atom is -0.469 e. The molecule has 0 bridgehead atoms. The molecule has 0 spiro atoms. The molecular weight excluding hydrogens is 270 g/mol. The summed E-state index contributed by atoms with van der Waals surface area (Å²) in [5.74, 6) is -0.930. The number of carbonyl (C=O) groups is 3. The molecule has 0 aromatic carbocycles. The van der Waals surface area contributed by atoms with Gasteiger partial charge in [-0.2, -0.15) is 0 Å². The number of nitrogens with one attached hydrogen (secondary N) is 1. The smallest absolute Gasteiger partial charge is 0.307 e. The third kappa shape index (κ3) is 4.66. The lowest BCUT2D eigenvalue weighted by Crippen LogP contribution is -2.29. The van der Waals surface area contributed by atoms with Crippen LogP contribution in [0.4, 0.5) is 5.13 Å². The Kier molecular flexibility index (Phi) is 5.43. The average molecular weight is 285 g/mol. The first kappa shape index (κ1) is 15.1. The maximum absolute atomic E-state index is 11.9. The van der Waals surface area contributed by atoms with Crippen molar-refractivity contribution in [2.75, 3.05) is 26.0 Å². The van der Waals surface area contributed by atoms with Crippen LogP contribution in [-0.2, 0) is 14.3 Å². The summed E-state index contributed by atoms with van der Waals surface area (Å²) in [5, 5.41) is 4.43. The molecule has 1 aromatic rings. The van der Waals surface area contributed by atoms with E-state index in [1.807, 2.05) is 0 Å². The summed E-state index contributed by atoms with van der Waals surface area (Å²) in [4.78, 5) is 39.2. The number of hydrogen-bond acceptors (Lipinski definition) is 6. The number of hydrogen-bond donors (Lipinski definition) is 1. The van der Waals surface area contributed by atoms with Gasteiger partial charge >= 0.3 is 5.97 Å². The molecule has 1 heterocycles. The van der Waals surface area contributed by atoms with E-state index in [-0.39, 0.29) is 36.4 Å². The van der Waals surface area contributed by atoms with E-state index in [1.165, 1.54) is 30.3 Å². The summed E-state index contributed by atoms with van der Waals surface area (Å²) in [6.45, 7) is 1.61. The summed E-state index contributed by atoms with van der Waals surface area (Å²) in [5.41, 5.74) is 0.237. The Labute approximate surface area is 114 Å². The summed E-state index contributed by atoms with van der Waals surface area (Å²) < 4.78 is 4.50. The number of ether oxygens (including phenoxy) is 1. The first-order valence-electron chi connectivity index (χ1n) is 5.49. The monoisotopic (exact) mass is 285 g/mol. The number of nitrogens with zero attached hydrogens (tertiary/aromatic N) is 2. The van der Waals surface area contributed by atoms with Gasteiger partial charge in [-0.15, -0.1) is 11.3 Å². The fourth-order valence-corrected chi connectivity index (χ4v) is 1.97. The SMILES string of the molecule is COC(=O)CCN(C)C(=O)c1csc(NC(C)=O)n1. The number of carbonyl (C=O) groups excluding carboxylic acids is 3. The van der Waals surface area contributed by atoms with Crippen LogP contribution in [0.3, 0.4) is 0 Å². The van der Waals surface area contributed by atoms with Crippen LogP contribution in [0.2, 0.25) is 0 Å². The molecule has 104 valence electrons. The van der Waals surface area contributed by atoms with Gasteiger partial charge in [0.1, 0.15) is 5.69 Å². The third-order valence-corrected chi connectivity index (χ3v) is 2.99. The molecule has 19 heavy (non-hydrogen) atoms. The highest BCUT2D eigenvalue weighted by Crippen LogP contribution is 2.16. The highest BCUT2D eigenvalue weighted by molar-refractivity contribution is 7.14. The van der Waals surface area contributed by atoms with Crippen LogP contribution < -0.4 is 5.32 Å². The minimum atomic E-state index is -0.378. The highest BCUT2D eigenvalue weighted by Gasteiger charge is 2.16. The van der Waals surface area contributed by atoms with Gasteiger partial charge in [-0.05, 0) is 0 Å². The first-order valence-corrected chi connectivity index (χ1v) is 6.37. The van der Waals surface area contributed by atoms with E-state index in [9.17, 15) is 14.4 Å². The maximum Gasteiger partial charge on any atom is 0.307 e. The fourth-order valence-electron chi connectivity index (χ4n) is 1.24. The molecule has 1 N–H and O–H groups in total. The normalized spacial score (nSPS) is 9.84.